The number of fused-ring (bicyclic) bond motifs is 5. The van der Waals surface area contributed by atoms with Crippen molar-refractivity contribution in [2.75, 3.05) is 0 Å². The third-order valence-electron chi connectivity index (χ3n) is 11.4. The van der Waals surface area contributed by atoms with Gasteiger partial charge in [-0.1, -0.05) is 212 Å². The van der Waals surface area contributed by atoms with Gasteiger partial charge < -0.3 is 0 Å². The van der Waals surface area contributed by atoms with E-state index in [4.69, 9.17) is 0 Å². The van der Waals surface area contributed by atoms with Crippen molar-refractivity contribution in [2.45, 2.75) is 0 Å². The first-order valence-electron chi connectivity index (χ1n) is 19.6. The van der Waals surface area contributed by atoms with Crippen LogP contribution >= 0.6 is 11.3 Å². The molecule has 0 saturated carbocycles. The molecule has 0 aliphatic rings. The van der Waals surface area contributed by atoms with Crippen LogP contribution in [-0.4, -0.2) is 0 Å². The van der Waals surface area contributed by atoms with Crippen LogP contribution in [0.2, 0.25) is 0 Å². The van der Waals surface area contributed by atoms with Crippen molar-refractivity contribution >= 4 is 53.7 Å². The summed E-state index contributed by atoms with van der Waals surface area (Å²) >= 11 is 1.92. The Hall–Kier alpha value is -7.06. The van der Waals surface area contributed by atoms with Crippen molar-refractivity contribution < 1.29 is 0 Å². The Balaban J connectivity index is 1.25. The van der Waals surface area contributed by atoms with E-state index < -0.39 is 0 Å². The van der Waals surface area contributed by atoms with Crippen LogP contribution in [0.4, 0.5) is 0 Å². The first-order valence-corrected chi connectivity index (χ1v) is 20.4. The fourth-order valence-corrected chi connectivity index (χ4v) is 10.5. The maximum atomic E-state index is 2.44. The van der Waals surface area contributed by atoms with Crippen molar-refractivity contribution in [1.29, 1.82) is 0 Å². The summed E-state index contributed by atoms with van der Waals surface area (Å²) in [6.07, 6.45) is 0. The van der Waals surface area contributed by atoms with Gasteiger partial charge in [-0.25, -0.2) is 0 Å². The lowest BCUT2D eigenvalue weighted by Crippen LogP contribution is -1.93. The molecule has 0 fully saturated rings. The zero-order valence-electron chi connectivity index (χ0n) is 31.2. The lowest BCUT2D eigenvalue weighted by Gasteiger charge is -2.20. The maximum absolute atomic E-state index is 2.44. The number of rotatable bonds is 6. The van der Waals surface area contributed by atoms with Gasteiger partial charge in [0.25, 0.3) is 0 Å². The van der Waals surface area contributed by atoms with Crippen molar-refractivity contribution in [2.24, 2.45) is 0 Å². The normalized spacial score (nSPS) is 11.5. The first kappa shape index (κ1) is 33.3. The maximum Gasteiger partial charge on any atom is 0.0446 e. The molecule has 0 atom stereocenters. The molecule has 1 heteroatoms. The molecule has 0 unspecified atom stereocenters. The van der Waals surface area contributed by atoms with Gasteiger partial charge in [-0.3, -0.25) is 0 Å². The minimum absolute atomic E-state index is 1.21. The standard InChI is InChI=1S/C56H36S/c1-5-20-37(21-6-1)49-43-30-13-15-32-45(43)50(46-33-16-14-31-44(46)49)41-28-19-29-42(36-41)51-47-34-17-18-35-48(47)54-53(39-24-9-3-10-25-39)55(40-26-11-4-12-27-40)57-56(54)52(51)38-22-7-2-8-23-38/h1-36H. The minimum atomic E-state index is 1.21. The highest BCUT2D eigenvalue weighted by molar-refractivity contribution is 7.24. The summed E-state index contributed by atoms with van der Waals surface area (Å²) in [7, 11) is 0. The zero-order chi connectivity index (χ0) is 37.7. The van der Waals surface area contributed by atoms with Crippen LogP contribution < -0.4 is 0 Å². The van der Waals surface area contributed by atoms with E-state index in [1.54, 1.807) is 0 Å². The van der Waals surface area contributed by atoms with Gasteiger partial charge in [0.15, 0.2) is 0 Å². The molecule has 0 aliphatic carbocycles. The molecule has 0 N–H and O–H groups in total. The Bertz CT molecular complexity index is 3190. The molecule has 11 rings (SSSR count). The Morgan fingerprint density at radius 3 is 1.05 bits per heavy atom. The van der Waals surface area contributed by atoms with E-state index in [9.17, 15) is 0 Å². The summed E-state index contributed by atoms with van der Waals surface area (Å²) in [5.41, 5.74) is 13.7. The molecule has 10 aromatic carbocycles. The van der Waals surface area contributed by atoms with Gasteiger partial charge in [0.2, 0.25) is 0 Å². The average Bonchev–Trinajstić information content (AvgIpc) is 3.70. The highest BCUT2D eigenvalue weighted by Gasteiger charge is 2.25. The van der Waals surface area contributed by atoms with Gasteiger partial charge in [0.05, 0.1) is 0 Å². The molecule has 11 aromatic rings. The van der Waals surface area contributed by atoms with Crippen LogP contribution in [0.5, 0.6) is 0 Å². The summed E-state index contributed by atoms with van der Waals surface area (Å²) in [6.45, 7) is 0. The second-order valence-electron chi connectivity index (χ2n) is 14.7. The lowest BCUT2D eigenvalue weighted by molar-refractivity contribution is 1.62. The van der Waals surface area contributed by atoms with Gasteiger partial charge in [-0.05, 0) is 88.5 Å². The zero-order valence-corrected chi connectivity index (χ0v) is 32.0. The van der Waals surface area contributed by atoms with Crippen LogP contribution in [0.1, 0.15) is 0 Å². The summed E-state index contributed by atoms with van der Waals surface area (Å²) in [6, 6.07) is 80.0. The lowest BCUT2D eigenvalue weighted by atomic mass is 9.83. The second kappa shape index (κ2) is 13.9. The Morgan fingerprint density at radius 2 is 0.561 bits per heavy atom. The van der Waals surface area contributed by atoms with Crippen molar-refractivity contribution in [3.63, 3.8) is 0 Å². The van der Waals surface area contributed by atoms with Crippen LogP contribution in [-0.2, 0) is 0 Å². The van der Waals surface area contributed by atoms with E-state index in [1.807, 2.05) is 11.3 Å². The average molecular weight is 741 g/mol. The Kier molecular flexibility index (Phi) is 8.12. The van der Waals surface area contributed by atoms with E-state index >= 15 is 0 Å². The highest BCUT2D eigenvalue weighted by atomic mass is 32.1. The van der Waals surface area contributed by atoms with Crippen molar-refractivity contribution in [3.05, 3.63) is 218 Å². The predicted molar refractivity (Wildman–Crippen MR) is 247 cm³/mol. The third kappa shape index (κ3) is 5.51. The summed E-state index contributed by atoms with van der Waals surface area (Å²) in [4.78, 5) is 1.29. The second-order valence-corrected chi connectivity index (χ2v) is 15.7. The van der Waals surface area contributed by atoms with E-state index in [1.165, 1.54) is 108 Å². The van der Waals surface area contributed by atoms with E-state index in [0.717, 1.165) is 0 Å². The summed E-state index contributed by atoms with van der Waals surface area (Å²) in [5, 5.41) is 8.88. The van der Waals surface area contributed by atoms with E-state index in [0.29, 0.717) is 0 Å². The molecule has 0 radical (unpaired) electrons. The predicted octanol–water partition coefficient (Wildman–Crippen LogP) is 16.4. The van der Waals surface area contributed by atoms with E-state index in [-0.39, 0.29) is 0 Å². The molecular formula is C56H36S. The molecule has 1 heterocycles. The molecule has 0 aliphatic heterocycles. The van der Waals surface area contributed by atoms with Crippen molar-refractivity contribution in [1.82, 2.24) is 0 Å². The number of thiophene rings is 1. The third-order valence-corrected chi connectivity index (χ3v) is 12.7. The molecule has 1 aromatic heterocycles. The first-order chi connectivity index (χ1) is 28.3. The smallest absolute Gasteiger partial charge is 0.0446 e. The topological polar surface area (TPSA) is 0 Å². The van der Waals surface area contributed by atoms with Gasteiger partial charge in [-0.15, -0.1) is 11.3 Å². The minimum Gasteiger partial charge on any atom is -0.134 e. The molecule has 0 spiro atoms. The number of benzene rings is 10. The molecule has 0 saturated heterocycles. The monoisotopic (exact) mass is 740 g/mol. The van der Waals surface area contributed by atoms with Crippen LogP contribution in [0.25, 0.3) is 108 Å². The molecule has 266 valence electrons. The van der Waals surface area contributed by atoms with Crippen LogP contribution in [0, 0.1) is 0 Å². The number of hydrogen-bond acceptors (Lipinski definition) is 1. The van der Waals surface area contributed by atoms with Gasteiger partial charge >= 0.3 is 0 Å². The summed E-state index contributed by atoms with van der Waals surface area (Å²) in [5.74, 6) is 0. The van der Waals surface area contributed by atoms with Gasteiger partial charge in [0, 0.05) is 26.1 Å². The molecule has 0 amide bonds. The molecule has 57 heavy (non-hydrogen) atoms. The molecule has 0 bridgehead atoms. The quantitative estimate of drug-likeness (QED) is 0.149. The number of hydrogen-bond donors (Lipinski definition) is 0. The van der Waals surface area contributed by atoms with Crippen LogP contribution in [0.3, 0.4) is 0 Å². The highest BCUT2D eigenvalue weighted by Crippen LogP contribution is 2.54. The van der Waals surface area contributed by atoms with Crippen LogP contribution in [0.15, 0.2) is 218 Å². The van der Waals surface area contributed by atoms with Crippen molar-refractivity contribution in [3.8, 4) is 66.1 Å². The fraction of sp³-hybridized carbons (Fsp3) is 0. The van der Waals surface area contributed by atoms with Gasteiger partial charge in [-0.2, -0.15) is 0 Å². The molecule has 0 nitrogen and oxygen atoms in total. The summed E-state index contributed by atoms with van der Waals surface area (Å²) < 4.78 is 1.31. The Labute approximate surface area is 336 Å². The fourth-order valence-electron chi connectivity index (χ4n) is 9.07. The molecular weight excluding hydrogens is 705 g/mol. The Morgan fingerprint density at radius 1 is 0.228 bits per heavy atom. The SMILES string of the molecule is c1ccc(-c2sc3c(-c4ccccc4)c(-c4cccc(-c5c6ccccc6c(-c6ccccc6)c6ccccc56)c4)c4ccccc4c3c2-c2ccccc2)cc1. The largest absolute Gasteiger partial charge is 0.134 e. The van der Waals surface area contributed by atoms with E-state index in [2.05, 4.69) is 218 Å². The van der Waals surface area contributed by atoms with Gasteiger partial charge in [0.1, 0.15) is 0 Å².